The molecule has 0 radical (unpaired) electrons. The first-order chi connectivity index (χ1) is 33.1. The highest BCUT2D eigenvalue weighted by atomic mass is 28.3. The monoisotopic (exact) mass is 867 g/mol. The number of hydrogen-bond acceptors (Lipinski definition) is 2. The molecule has 2 aromatic heterocycles. The van der Waals surface area contributed by atoms with Crippen LogP contribution in [0.25, 0.3) is 38.6 Å². The molecule has 3 aliphatic rings. The van der Waals surface area contributed by atoms with E-state index in [0.29, 0.717) is 0 Å². The number of fused-ring (bicyclic) bond motifs is 10. The Bertz CT molecular complexity index is 3700. The van der Waals surface area contributed by atoms with Crippen molar-refractivity contribution in [1.82, 2.24) is 9.55 Å². The summed E-state index contributed by atoms with van der Waals surface area (Å²) in [4.78, 5) is 7.49. The normalized spacial score (nSPS) is 13.1. The van der Waals surface area contributed by atoms with Crippen molar-refractivity contribution < 1.29 is 0 Å². The van der Waals surface area contributed by atoms with Crippen molar-refractivity contribution in [3.8, 4) is 16.8 Å². The van der Waals surface area contributed by atoms with Gasteiger partial charge < -0.3 is 9.47 Å². The molecule has 14 rings (SSSR count). The van der Waals surface area contributed by atoms with Crippen molar-refractivity contribution >= 4 is 114 Å². The maximum atomic E-state index is 4.84. The molecule has 5 heterocycles. The highest BCUT2D eigenvalue weighted by Crippen LogP contribution is 2.42. The first-order valence-corrected chi connectivity index (χ1v) is 25.5. The fourth-order valence-corrected chi connectivity index (χ4v) is 17.5. The van der Waals surface area contributed by atoms with Crippen LogP contribution in [0.15, 0.2) is 225 Å². The summed E-state index contributed by atoms with van der Waals surface area (Å²) in [5, 5.41) is 7.83. The van der Waals surface area contributed by atoms with Crippen molar-refractivity contribution in [2.75, 3.05) is 4.90 Å². The summed E-state index contributed by atoms with van der Waals surface area (Å²) >= 11 is 0. The molecule has 9 aromatic carbocycles. The fourth-order valence-electron chi connectivity index (χ4n) is 12.7. The molecule has 0 spiro atoms. The number of anilines is 3. The molecule has 11 aromatic rings. The lowest BCUT2D eigenvalue weighted by molar-refractivity contribution is 1.17. The number of aromatic nitrogens is 2. The van der Waals surface area contributed by atoms with Crippen LogP contribution in [0.3, 0.4) is 0 Å². The van der Waals surface area contributed by atoms with Crippen LogP contribution in [0, 0.1) is 13.8 Å². The summed E-state index contributed by atoms with van der Waals surface area (Å²) in [6, 6.07) is 80.4. The van der Waals surface area contributed by atoms with Gasteiger partial charge in [0, 0.05) is 45.9 Å². The second-order valence-electron chi connectivity index (χ2n) is 18.7. The molecular formula is C61H43B2N3Si. The highest BCUT2D eigenvalue weighted by molar-refractivity contribution is 7.20. The van der Waals surface area contributed by atoms with Gasteiger partial charge in [-0.2, -0.15) is 0 Å². The molecule has 0 amide bonds. The van der Waals surface area contributed by atoms with Gasteiger partial charge in [0.15, 0.2) is 8.07 Å². The molecular weight excluding hydrogens is 824 g/mol. The average Bonchev–Trinajstić information content (AvgIpc) is 3.91. The van der Waals surface area contributed by atoms with Crippen LogP contribution in [0.2, 0.25) is 0 Å². The third kappa shape index (κ3) is 5.27. The van der Waals surface area contributed by atoms with Gasteiger partial charge in [-0.1, -0.05) is 192 Å². The van der Waals surface area contributed by atoms with Gasteiger partial charge in [-0.05, 0) is 110 Å². The van der Waals surface area contributed by atoms with Gasteiger partial charge in [-0.3, -0.25) is 4.98 Å². The molecule has 0 unspecified atom stereocenters. The SMILES string of the molecule is Cc1cc2c3c(c1)B1c4ccccc4-c4cccc(c41)N3c1ccc([Si](c3ccccc3)(c3ccccc3)c3cccnc3)cc1B2c1ccc2c3ccccc3n(-c3ccccc3)c2c1C. The van der Waals surface area contributed by atoms with Crippen molar-refractivity contribution in [2.45, 2.75) is 13.8 Å². The molecule has 67 heavy (non-hydrogen) atoms. The number of para-hydroxylation sites is 2. The lowest BCUT2D eigenvalue weighted by Crippen LogP contribution is -2.75. The Balaban J connectivity index is 1.12. The smallest absolute Gasteiger partial charge is 0.248 e. The quantitative estimate of drug-likeness (QED) is 0.130. The zero-order chi connectivity index (χ0) is 44.4. The van der Waals surface area contributed by atoms with Gasteiger partial charge in [0.25, 0.3) is 0 Å². The van der Waals surface area contributed by atoms with Crippen molar-refractivity contribution in [3.05, 3.63) is 236 Å². The minimum atomic E-state index is -2.96. The largest absolute Gasteiger partial charge is 0.313 e. The predicted molar refractivity (Wildman–Crippen MR) is 288 cm³/mol. The Morgan fingerprint density at radius 2 is 1.12 bits per heavy atom. The zero-order valence-corrected chi connectivity index (χ0v) is 38.4. The van der Waals surface area contributed by atoms with Gasteiger partial charge in [0.05, 0.1) is 11.0 Å². The van der Waals surface area contributed by atoms with Crippen molar-refractivity contribution in [2.24, 2.45) is 0 Å². The van der Waals surface area contributed by atoms with E-state index in [-0.39, 0.29) is 13.4 Å². The van der Waals surface area contributed by atoms with Crippen LogP contribution in [0.5, 0.6) is 0 Å². The third-order valence-electron chi connectivity index (χ3n) is 15.3. The van der Waals surface area contributed by atoms with E-state index in [1.165, 1.54) is 120 Å². The lowest BCUT2D eigenvalue weighted by Gasteiger charge is -2.44. The summed E-state index contributed by atoms with van der Waals surface area (Å²) in [5.74, 6) is 0. The first kappa shape index (κ1) is 38.4. The van der Waals surface area contributed by atoms with Crippen LogP contribution in [-0.4, -0.2) is 31.1 Å². The topological polar surface area (TPSA) is 21.1 Å². The summed E-state index contributed by atoms with van der Waals surface area (Å²) < 4.78 is 2.50. The maximum absolute atomic E-state index is 4.84. The number of aryl methyl sites for hydroxylation is 2. The number of hydrogen-bond donors (Lipinski definition) is 0. The van der Waals surface area contributed by atoms with E-state index < -0.39 is 8.07 Å². The zero-order valence-electron chi connectivity index (χ0n) is 37.4. The lowest BCUT2D eigenvalue weighted by atomic mass is 9.31. The van der Waals surface area contributed by atoms with E-state index in [4.69, 9.17) is 4.98 Å². The van der Waals surface area contributed by atoms with Gasteiger partial charge in [0.2, 0.25) is 13.4 Å². The summed E-state index contributed by atoms with van der Waals surface area (Å²) in [7, 11) is -2.96. The average molecular weight is 868 g/mol. The van der Waals surface area contributed by atoms with E-state index in [1.807, 2.05) is 6.20 Å². The minimum Gasteiger partial charge on any atom is -0.313 e. The fraction of sp³-hybridized carbons (Fsp3) is 0.0328. The number of nitrogens with zero attached hydrogens (tertiary/aromatic N) is 3. The molecule has 312 valence electrons. The Kier molecular flexibility index (Phi) is 8.32. The highest BCUT2D eigenvalue weighted by Gasteiger charge is 2.49. The van der Waals surface area contributed by atoms with Crippen LogP contribution >= 0.6 is 0 Å². The first-order valence-electron chi connectivity index (χ1n) is 23.5. The Hall–Kier alpha value is -7.92. The number of benzene rings is 9. The Morgan fingerprint density at radius 3 is 1.88 bits per heavy atom. The molecule has 3 nitrogen and oxygen atoms in total. The molecule has 6 heteroatoms. The van der Waals surface area contributed by atoms with Gasteiger partial charge in [-0.15, -0.1) is 0 Å². The molecule has 3 aliphatic heterocycles. The third-order valence-corrected chi connectivity index (χ3v) is 20.0. The summed E-state index contributed by atoms with van der Waals surface area (Å²) in [6.07, 6.45) is 4.04. The second kappa shape index (κ2) is 14.5. The molecule has 0 fully saturated rings. The maximum Gasteiger partial charge on any atom is 0.248 e. The molecule has 0 atom stereocenters. The molecule has 0 saturated heterocycles. The molecule has 0 saturated carbocycles. The van der Waals surface area contributed by atoms with E-state index in [9.17, 15) is 0 Å². The van der Waals surface area contributed by atoms with E-state index in [1.54, 1.807) is 0 Å². The molecule has 0 bridgehead atoms. The molecule has 0 N–H and O–H groups in total. The number of pyridine rings is 1. The predicted octanol–water partition coefficient (Wildman–Crippen LogP) is 7.28. The molecule has 0 aliphatic carbocycles. The Labute approximate surface area is 392 Å². The van der Waals surface area contributed by atoms with Gasteiger partial charge in [-0.25, -0.2) is 0 Å². The van der Waals surface area contributed by atoms with Gasteiger partial charge >= 0.3 is 0 Å². The summed E-state index contributed by atoms with van der Waals surface area (Å²) in [5.41, 5.74) is 21.0. The van der Waals surface area contributed by atoms with Gasteiger partial charge in [0.1, 0.15) is 0 Å². The minimum absolute atomic E-state index is 0.0694. The number of rotatable bonds is 6. The van der Waals surface area contributed by atoms with Crippen LogP contribution in [0.4, 0.5) is 17.1 Å². The van der Waals surface area contributed by atoms with E-state index in [2.05, 4.69) is 242 Å². The van der Waals surface area contributed by atoms with E-state index >= 15 is 0 Å². The summed E-state index contributed by atoms with van der Waals surface area (Å²) in [6.45, 7) is 4.77. The van der Waals surface area contributed by atoms with Crippen molar-refractivity contribution in [3.63, 3.8) is 0 Å². The standard InChI is InChI=1S/C61H43B2N3Si/c1-40-36-54-61-55(37-40)63-52-28-14-12-25-47(52)49-27-16-30-58(59(49)63)66(61)57-34-31-45(67(43-20-8-4-9-21-43,44-22-10-5-11-23-44)46-24-17-35-64-39-46)38-53(57)62(54)51-33-32-50-48-26-13-15-29-56(48)65(60(50)41(51)2)42-18-6-3-7-19-42/h3-39H,1-2H3. The van der Waals surface area contributed by atoms with E-state index in [0.717, 1.165) is 0 Å². The van der Waals surface area contributed by atoms with Crippen LogP contribution in [0.1, 0.15) is 11.1 Å². The van der Waals surface area contributed by atoms with Crippen LogP contribution < -0.4 is 58.4 Å². The second-order valence-corrected chi connectivity index (χ2v) is 22.5. The van der Waals surface area contributed by atoms with Crippen LogP contribution in [-0.2, 0) is 0 Å². The van der Waals surface area contributed by atoms with Crippen molar-refractivity contribution in [1.29, 1.82) is 0 Å². The Morgan fingerprint density at radius 1 is 0.448 bits per heavy atom.